The fourth-order valence-electron chi connectivity index (χ4n) is 3.73. The summed E-state index contributed by atoms with van der Waals surface area (Å²) in [6, 6.07) is 8.23. The molecule has 1 aromatic carbocycles. The molecule has 2 amide bonds. The van der Waals surface area contributed by atoms with E-state index in [9.17, 15) is 9.59 Å². The smallest absolute Gasteiger partial charge is 0.225 e. The van der Waals surface area contributed by atoms with Gasteiger partial charge in [-0.3, -0.25) is 9.59 Å². The van der Waals surface area contributed by atoms with E-state index >= 15 is 0 Å². The summed E-state index contributed by atoms with van der Waals surface area (Å²) < 4.78 is 0. The Labute approximate surface area is 162 Å². The second-order valence-corrected chi connectivity index (χ2v) is 7.33. The minimum Gasteiger partial charge on any atom is -0.352 e. The molecular formula is C20H30ClN3O2. The molecule has 2 saturated heterocycles. The highest BCUT2D eigenvalue weighted by Crippen LogP contribution is 2.22. The summed E-state index contributed by atoms with van der Waals surface area (Å²) in [7, 11) is 0. The number of likely N-dealkylation sites (tertiary alicyclic amines) is 1. The van der Waals surface area contributed by atoms with Gasteiger partial charge in [0.15, 0.2) is 0 Å². The van der Waals surface area contributed by atoms with Gasteiger partial charge in [0.2, 0.25) is 11.8 Å². The van der Waals surface area contributed by atoms with Crippen LogP contribution in [0.5, 0.6) is 0 Å². The Balaban J connectivity index is 0.00000243. The minimum absolute atomic E-state index is 0. The molecule has 3 rings (SSSR count). The molecule has 26 heavy (non-hydrogen) atoms. The number of hydrogen-bond donors (Lipinski definition) is 2. The SMILES string of the molecule is Cc1ccc(CNC(=O)C2CCN(C(=O)C3CCNCC3)CC2)cc1.Cl. The van der Waals surface area contributed by atoms with E-state index in [1.165, 1.54) is 5.56 Å². The lowest BCUT2D eigenvalue weighted by molar-refractivity contribution is -0.139. The van der Waals surface area contributed by atoms with Crippen molar-refractivity contribution in [2.75, 3.05) is 26.2 Å². The number of piperidine rings is 2. The maximum absolute atomic E-state index is 12.6. The van der Waals surface area contributed by atoms with Crippen LogP contribution in [0.2, 0.25) is 0 Å². The van der Waals surface area contributed by atoms with Crippen LogP contribution in [0.3, 0.4) is 0 Å². The van der Waals surface area contributed by atoms with Gasteiger partial charge in [-0.2, -0.15) is 0 Å². The molecule has 1 aromatic rings. The molecule has 0 radical (unpaired) electrons. The van der Waals surface area contributed by atoms with Gasteiger partial charge in [0.05, 0.1) is 0 Å². The lowest BCUT2D eigenvalue weighted by atomic mass is 9.92. The minimum atomic E-state index is 0. The van der Waals surface area contributed by atoms with Crippen LogP contribution >= 0.6 is 12.4 Å². The maximum atomic E-state index is 12.6. The summed E-state index contributed by atoms with van der Waals surface area (Å²) in [5, 5.41) is 6.35. The second-order valence-electron chi connectivity index (χ2n) is 7.33. The zero-order chi connectivity index (χ0) is 17.6. The van der Waals surface area contributed by atoms with Crippen molar-refractivity contribution < 1.29 is 9.59 Å². The summed E-state index contributed by atoms with van der Waals surface area (Å²) in [6.07, 6.45) is 3.43. The summed E-state index contributed by atoms with van der Waals surface area (Å²) in [5.74, 6) is 0.616. The zero-order valence-electron chi connectivity index (χ0n) is 15.5. The molecule has 2 fully saturated rings. The predicted octanol–water partition coefficient (Wildman–Crippen LogP) is 2.27. The fourth-order valence-corrected chi connectivity index (χ4v) is 3.73. The van der Waals surface area contributed by atoms with Gasteiger partial charge in [-0.1, -0.05) is 29.8 Å². The number of aryl methyl sites for hydroxylation is 1. The molecule has 0 unspecified atom stereocenters. The van der Waals surface area contributed by atoms with Crippen LogP contribution < -0.4 is 10.6 Å². The average molecular weight is 380 g/mol. The molecule has 0 spiro atoms. The zero-order valence-corrected chi connectivity index (χ0v) is 16.3. The van der Waals surface area contributed by atoms with Gasteiger partial charge < -0.3 is 15.5 Å². The molecule has 2 aliphatic rings. The van der Waals surface area contributed by atoms with E-state index in [0.717, 1.165) is 44.3 Å². The average Bonchev–Trinajstić information content (AvgIpc) is 2.67. The van der Waals surface area contributed by atoms with Crippen LogP contribution in [-0.4, -0.2) is 42.9 Å². The second kappa shape index (κ2) is 9.93. The number of carbonyl (C=O) groups is 2. The molecule has 2 aliphatic heterocycles. The Bertz CT molecular complexity index is 592. The number of amides is 2. The first-order chi connectivity index (χ1) is 12.1. The first-order valence-corrected chi connectivity index (χ1v) is 9.46. The van der Waals surface area contributed by atoms with Gasteiger partial charge in [0.25, 0.3) is 0 Å². The van der Waals surface area contributed by atoms with Crippen LogP contribution in [0.1, 0.15) is 36.8 Å². The standard InChI is InChI=1S/C20H29N3O2.ClH/c1-15-2-4-16(5-3-15)14-22-19(24)17-8-12-23(13-9-17)20(25)18-6-10-21-11-7-18;/h2-5,17-18,21H,6-14H2,1H3,(H,22,24);1H. The highest BCUT2D eigenvalue weighted by molar-refractivity contribution is 5.85. The number of carbonyl (C=O) groups excluding carboxylic acids is 2. The van der Waals surface area contributed by atoms with Gasteiger partial charge >= 0.3 is 0 Å². The normalized spacial score (nSPS) is 18.9. The first-order valence-electron chi connectivity index (χ1n) is 9.46. The lowest BCUT2D eigenvalue weighted by Gasteiger charge is -2.34. The Kier molecular flexibility index (Phi) is 7.91. The van der Waals surface area contributed by atoms with Crippen molar-refractivity contribution in [3.8, 4) is 0 Å². The van der Waals surface area contributed by atoms with Crippen molar-refractivity contribution in [3.63, 3.8) is 0 Å². The van der Waals surface area contributed by atoms with Crippen LogP contribution in [0, 0.1) is 18.8 Å². The van der Waals surface area contributed by atoms with E-state index in [2.05, 4.69) is 41.8 Å². The predicted molar refractivity (Wildman–Crippen MR) is 105 cm³/mol. The van der Waals surface area contributed by atoms with Crippen LogP contribution in [-0.2, 0) is 16.1 Å². The molecule has 0 saturated carbocycles. The molecule has 5 nitrogen and oxygen atoms in total. The first kappa shape index (κ1) is 20.7. The number of benzene rings is 1. The molecule has 144 valence electrons. The Hall–Kier alpha value is -1.59. The van der Waals surface area contributed by atoms with Crippen LogP contribution in [0.4, 0.5) is 0 Å². The summed E-state index contributed by atoms with van der Waals surface area (Å²) >= 11 is 0. The molecule has 0 aliphatic carbocycles. The monoisotopic (exact) mass is 379 g/mol. The van der Waals surface area contributed by atoms with Crippen molar-refractivity contribution in [3.05, 3.63) is 35.4 Å². The summed E-state index contributed by atoms with van der Waals surface area (Å²) in [6.45, 7) is 5.94. The third-order valence-corrected chi connectivity index (χ3v) is 5.45. The topological polar surface area (TPSA) is 61.4 Å². The van der Waals surface area contributed by atoms with Gasteiger partial charge in [-0.15, -0.1) is 12.4 Å². The van der Waals surface area contributed by atoms with Gasteiger partial charge in [0.1, 0.15) is 0 Å². The van der Waals surface area contributed by atoms with Crippen molar-refractivity contribution in [1.29, 1.82) is 0 Å². The van der Waals surface area contributed by atoms with E-state index in [1.54, 1.807) is 0 Å². The maximum Gasteiger partial charge on any atom is 0.225 e. The molecular weight excluding hydrogens is 350 g/mol. The van der Waals surface area contributed by atoms with Crippen LogP contribution in [0.15, 0.2) is 24.3 Å². The van der Waals surface area contributed by atoms with Gasteiger partial charge in [0, 0.05) is 31.5 Å². The van der Waals surface area contributed by atoms with E-state index < -0.39 is 0 Å². The van der Waals surface area contributed by atoms with Crippen molar-refractivity contribution in [2.24, 2.45) is 11.8 Å². The number of nitrogens with one attached hydrogen (secondary N) is 2. The molecule has 2 heterocycles. The highest BCUT2D eigenvalue weighted by atomic mass is 35.5. The Morgan fingerprint density at radius 1 is 1.04 bits per heavy atom. The lowest BCUT2D eigenvalue weighted by Crippen LogP contribution is -2.46. The molecule has 0 aromatic heterocycles. The van der Waals surface area contributed by atoms with E-state index in [4.69, 9.17) is 0 Å². The van der Waals surface area contributed by atoms with Gasteiger partial charge in [-0.25, -0.2) is 0 Å². The largest absolute Gasteiger partial charge is 0.352 e. The van der Waals surface area contributed by atoms with E-state index in [1.807, 2.05) is 4.90 Å². The third kappa shape index (κ3) is 5.45. The molecule has 0 bridgehead atoms. The van der Waals surface area contributed by atoms with Crippen molar-refractivity contribution in [1.82, 2.24) is 15.5 Å². The highest BCUT2D eigenvalue weighted by Gasteiger charge is 2.31. The van der Waals surface area contributed by atoms with E-state index in [0.29, 0.717) is 25.5 Å². The van der Waals surface area contributed by atoms with Crippen molar-refractivity contribution >= 4 is 24.2 Å². The number of nitrogens with zero attached hydrogens (tertiary/aromatic N) is 1. The number of hydrogen-bond acceptors (Lipinski definition) is 3. The van der Waals surface area contributed by atoms with E-state index in [-0.39, 0.29) is 30.2 Å². The molecule has 6 heteroatoms. The number of halogens is 1. The third-order valence-electron chi connectivity index (χ3n) is 5.45. The summed E-state index contributed by atoms with van der Waals surface area (Å²) in [4.78, 5) is 26.9. The van der Waals surface area contributed by atoms with Gasteiger partial charge in [-0.05, 0) is 51.3 Å². The Morgan fingerprint density at radius 2 is 1.65 bits per heavy atom. The van der Waals surface area contributed by atoms with Crippen LogP contribution in [0.25, 0.3) is 0 Å². The summed E-state index contributed by atoms with van der Waals surface area (Å²) in [5.41, 5.74) is 2.35. The Morgan fingerprint density at radius 3 is 2.27 bits per heavy atom. The number of rotatable bonds is 4. The fraction of sp³-hybridized carbons (Fsp3) is 0.600. The molecule has 0 atom stereocenters. The quantitative estimate of drug-likeness (QED) is 0.843. The van der Waals surface area contributed by atoms with Crippen molar-refractivity contribution in [2.45, 2.75) is 39.2 Å². The molecule has 2 N–H and O–H groups in total.